The Balaban J connectivity index is 1.99. The number of halogens is 3. The van der Waals surface area contributed by atoms with E-state index in [-0.39, 0.29) is 25.2 Å². The van der Waals surface area contributed by atoms with Crippen LogP contribution in [-0.2, 0) is 0 Å². The smallest absolute Gasteiger partial charge is 0.331 e. The van der Waals surface area contributed by atoms with E-state index in [4.69, 9.17) is 0 Å². The highest BCUT2D eigenvalue weighted by Gasteiger charge is 2.35. The molecule has 1 aromatic carbocycles. The fourth-order valence-electron chi connectivity index (χ4n) is 2.38. The number of carbonyl (C=O) groups is 1. The lowest BCUT2D eigenvalue weighted by Gasteiger charge is -2.28. The van der Waals surface area contributed by atoms with Crippen LogP contribution < -0.4 is 5.32 Å². The van der Waals surface area contributed by atoms with Crippen molar-refractivity contribution in [3.05, 3.63) is 51.6 Å². The molecule has 0 aromatic heterocycles. The van der Waals surface area contributed by atoms with E-state index in [0.717, 1.165) is 6.08 Å². The van der Waals surface area contributed by atoms with Crippen LogP contribution in [0.5, 0.6) is 0 Å². The van der Waals surface area contributed by atoms with Gasteiger partial charge in [-0.15, -0.1) is 0 Å². The number of urea groups is 1. The summed E-state index contributed by atoms with van der Waals surface area (Å²) in [6.45, 7) is 1.50. The Morgan fingerprint density at radius 3 is 2.67 bits per heavy atom. The van der Waals surface area contributed by atoms with Crippen LogP contribution in [0.3, 0.4) is 0 Å². The highest BCUT2D eigenvalue weighted by Crippen LogP contribution is 2.30. The first-order chi connectivity index (χ1) is 11.2. The highest BCUT2D eigenvalue weighted by atomic mass is 19.4. The zero-order valence-electron chi connectivity index (χ0n) is 12.8. The normalized spacial score (nSPS) is 16.3. The molecule has 130 valence electrons. The number of amides is 2. The number of nitrogens with one attached hydrogen (secondary N) is 1. The molecule has 0 unspecified atom stereocenters. The van der Waals surface area contributed by atoms with Gasteiger partial charge in [-0.25, -0.2) is 4.79 Å². The minimum Gasteiger partial charge on any atom is -0.331 e. The van der Waals surface area contributed by atoms with Gasteiger partial charge in [0.25, 0.3) is 5.69 Å². The lowest BCUT2D eigenvalue weighted by atomic mass is 10.1. The third kappa shape index (κ3) is 4.24. The predicted octanol–water partition coefficient (Wildman–Crippen LogP) is 3.56. The molecule has 0 spiro atoms. The molecule has 1 N–H and O–H groups in total. The van der Waals surface area contributed by atoms with Crippen molar-refractivity contribution in [2.45, 2.75) is 25.6 Å². The molecule has 0 radical (unpaired) electrons. The van der Waals surface area contributed by atoms with Crippen LogP contribution in [0.1, 0.15) is 24.9 Å². The molecule has 2 amide bonds. The second kappa shape index (κ2) is 6.90. The predicted molar refractivity (Wildman–Crippen MR) is 80.4 cm³/mol. The van der Waals surface area contributed by atoms with Crippen molar-refractivity contribution in [3.63, 3.8) is 0 Å². The van der Waals surface area contributed by atoms with Gasteiger partial charge < -0.3 is 10.2 Å². The third-order valence-electron chi connectivity index (χ3n) is 3.78. The van der Waals surface area contributed by atoms with E-state index in [1.807, 2.05) is 0 Å². The molecule has 6 nitrogen and oxygen atoms in total. The highest BCUT2D eigenvalue weighted by molar-refractivity contribution is 5.75. The first-order valence-corrected chi connectivity index (χ1v) is 7.24. The summed E-state index contributed by atoms with van der Waals surface area (Å²) in [5, 5.41) is 13.4. The van der Waals surface area contributed by atoms with Gasteiger partial charge in [-0.1, -0.05) is 18.2 Å². The summed E-state index contributed by atoms with van der Waals surface area (Å²) in [5.74, 6) is 0. The summed E-state index contributed by atoms with van der Waals surface area (Å²) in [5.41, 5.74) is -0.177. The van der Waals surface area contributed by atoms with Crippen LogP contribution in [0, 0.1) is 10.1 Å². The van der Waals surface area contributed by atoms with Crippen molar-refractivity contribution in [1.82, 2.24) is 10.2 Å². The number of hydrogen-bond acceptors (Lipinski definition) is 3. The lowest BCUT2D eigenvalue weighted by Crippen LogP contribution is -2.43. The number of rotatable bonds is 3. The fraction of sp³-hybridized carbons (Fsp3) is 0.400. The van der Waals surface area contributed by atoms with Crippen LogP contribution in [0.15, 0.2) is 35.9 Å². The van der Waals surface area contributed by atoms with Crippen LogP contribution in [0.25, 0.3) is 0 Å². The van der Waals surface area contributed by atoms with Gasteiger partial charge in [0.2, 0.25) is 0 Å². The van der Waals surface area contributed by atoms with E-state index in [0.29, 0.717) is 5.56 Å². The van der Waals surface area contributed by atoms with E-state index in [9.17, 15) is 28.1 Å². The van der Waals surface area contributed by atoms with E-state index >= 15 is 0 Å². The molecule has 1 aliphatic rings. The molecule has 2 rings (SSSR count). The summed E-state index contributed by atoms with van der Waals surface area (Å²) in [7, 11) is 0. The van der Waals surface area contributed by atoms with Gasteiger partial charge in [0.15, 0.2) is 0 Å². The Morgan fingerprint density at radius 1 is 1.42 bits per heavy atom. The van der Waals surface area contributed by atoms with Crippen LogP contribution in [-0.4, -0.2) is 35.1 Å². The number of nitro benzene ring substituents is 1. The largest absolute Gasteiger partial charge is 0.412 e. The molecule has 1 aromatic rings. The van der Waals surface area contributed by atoms with Crippen molar-refractivity contribution in [2.24, 2.45) is 0 Å². The minimum absolute atomic E-state index is 0.0289. The van der Waals surface area contributed by atoms with Gasteiger partial charge in [-0.3, -0.25) is 10.1 Å². The molecule has 1 heterocycles. The number of benzene rings is 1. The molecule has 0 bridgehead atoms. The third-order valence-corrected chi connectivity index (χ3v) is 3.78. The molecular formula is C15H16F3N3O3. The summed E-state index contributed by atoms with van der Waals surface area (Å²) >= 11 is 0. The molecular weight excluding hydrogens is 327 g/mol. The first kappa shape index (κ1) is 17.8. The summed E-state index contributed by atoms with van der Waals surface area (Å²) in [6.07, 6.45) is -3.61. The molecule has 1 atom stereocenters. The second-order valence-electron chi connectivity index (χ2n) is 5.45. The minimum atomic E-state index is -4.36. The fourth-order valence-corrected chi connectivity index (χ4v) is 2.38. The molecule has 0 fully saturated rings. The zero-order chi connectivity index (χ0) is 17.9. The SMILES string of the molecule is C[C@@H](NC(=O)N1CC=C(C(F)(F)F)CC1)c1cccc([N+](=O)[O-])c1. The summed E-state index contributed by atoms with van der Waals surface area (Å²) in [4.78, 5) is 23.6. The standard InChI is InChI=1S/C15H16F3N3O3/c1-10(11-3-2-4-13(9-11)21(23)24)19-14(22)20-7-5-12(6-8-20)15(16,17)18/h2-5,9-10H,6-8H2,1H3,(H,19,22)/t10-/m1/s1. The molecule has 0 saturated heterocycles. The first-order valence-electron chi connectivity index (χ1n) is 7.24. The lowest BCUT2D eigenvalue weighted by molar-refractivity contribution is -0.384. The Kier molecular flexibility index (Phi) is 5.10. The van der Waals surface area contributed by atoms with E-state index in [2.05, 4.69) is 5.32 Å². The van der Waals surface area contributed by atoms with Gasteiger partial charge in [0.05, 0.1) is 11.0 Å². The van der Waals surface area contributed by atoms with Gasteiger partial charge in [0, 0.05) is 30.8 Å². The molecule has 24 heavy (non-hydrogen) atoms. The molecule has 9 heteroatoms. The quantitative estimate of drug-likeness (QED) is 0.518. The second-order valence-corrected chi connectivity index (χ2v) is 5.45. The Bertz CT molecular complexity index is 673. The summed E-state index contributed by atoms with van der Waals surface area (Å²) < 4.78 is 37.7. The van der Waals surface area contributed by atoms with Crippen LogP contribution in [0.2, 0.25) is 0 Å². The van der Waals surface area contributed by atoms with E-state index in [1.165, 1.54) is 23.1 Å². The van der Waals surface area contributed by atoms with Gasteiger partial charge in [0.1, 0.15) is 0 Å². The topological polar surface area (TPSA) is 75.5 Å². The molecule has 0 aliphatic carbocycles. The number of nitrogens with zero attached hydrogens (tertiary/aromatic N) is 2. The number of nitro groups is 1. The van der Waals surface area contributed by atoms with Crippen molar-refractivity contribution in [1.29, 1.82) is 0 Å². The Morgan fingerprint density at radius 2 is 2.12 bits per heavy atom. The number of non-ortho nitro benzene ring substituents is 1. The maximum Gasteiger partial charge on any atom is 0.412 e. The van der Waals surface area contributed by atoms with E-state index < -0.39 is 28.7 Å². The Hall–Kier alpha value is -2.58. The van der Waals surface area contributed by atoms with Gasteiger partial charge in [-0.05, 0) is 18.9 Å². The summed E-state index contributed by atoms with van der Waals surface area (Å²) in [6, 6.07) is 4.82. The van der Waals surface area contributed by atoms with Gasteiger partial charge in [-0.2, -0.15) is 13.2 Å². The number of alkyl halides is 3. The maximum absolute atomic E-state index is 12.6. The van der Waals surface area contributed by atoms with E-state index in [1.54, 1.807) is 13.0 Å². The van der Waals surface area contributed by atoms with Crippen molar-refractivity contribution in [3.8, 4) is 0 Å². The Labute approximate surface area is 136 Å². The number of hydrogen-bond donors (Lipinski definition) is 1. The molecule has 0 saturated carbocycles. The average molecular weight is 343 g/mol. The number of carbonyl (C=O) groups excluding carboxylic acids is 1. The molecule has 1 aliphatic heterocycles. The monoisotopic (exact) mass is 343 g/mol. The van der Waals surface area contributed by atoms with Crippen molar-refractivity contribution >= 4 is 11.7 Å². The van der Waals surface area contributed by atoms with Gasteiger partial charge >= 0.3 is 12.2 Å². The van der Waals surface area contributed by atoms with Crippen LogP contribution >= 0.6 is 0 Å². The van der Waals surface area contributed by atoms with Crippen molar-refractivity contribution < 1.29 is 22.9 Å². The average Bonchev–Trinajstić information content (AvgIpc) is 2.54. The van der Waals surface area contributed by atoms with Crippen molar-refractivity contribution in [2.75, 3.05) is 13.1 Å². The van der Waals surface area contributed by atoms with Crippen LogP contribution in [0.4, 0.5) is 23.7 Å². The zero-order valence-corrected chi connectivity index (χ0v) is 12.8. The maximum atomic E-state index is 12.6.